The molecule has 5 rings (SSSR count). The van der Waals surface area contributed by atoms with E-state index in [-0.39, 0.29) is 5.91 Å². The van der Waals surface area contributed by atoms with Crippen molar-refractivity contribution >= 4 is 5.91 Å². The Morgan fingerprint density at radius 1 is 1.03 bits per heavy atom. The van der Waals surface area contributed by atoms with Crippen LogP contribution in [0.25, 0.3) is 11.3 Å². The van der Waals surface area contributed by atoms with Crippen LogP contribution in [0.5, 0.6) is 5.75 Å². The highest BCUT2D eigenvalue weighted by molar-refractivity contribution is 5.91. The Morgan fingerprint density at radius 2 is 1.81 bits per heavy atom. The number of aromatic nitrogens is 1. The fourth-order valence-electron chi connectivity index (χ4n) is 4.37. The maximum absolute atomic E-state index is 13.4. The van der Waals surface area contributed by atoms with Gasteiger partial charge in [0.25, 0.3) is 0 Å². The maximum atomic E-state index is 13.4. The third kappa shape index (κ3) is 3.95. The van der Waals surface area contributed by atoms with E-state index in [9.17, 15) is 4.79 Å². The van der Waals surface area contributed by atoms with Gasteiger partial charge in [-0.05, 0) is 30.5 Å². The van der Waals surface area contributed by atoms with Gasteiger partial charge in [0.15, 0.2) is 5.76 Å². The molecule has 2 heterocycles. The minimum atomic E-state index is -0.512. The average Bonchev–Trinajstić information content (AvgIpc) is 3.48. The van der Waals surface area contributed by atoms with Crippen molar-refractivity contribution in [2.45, 2.75) is 24.8 Å². The number of carbonyl (C=O) groups is 1. The van der Waals surface area contributed by atoms with E-state index >= 15 is 0 Å². The number of nitrogens with zero attached hydrogens (tertiary/aromatic N) is 3. The molecule has 1 aliphatic heterocycles. The van der Waals surface area contributed by atoms with Crippen LogP contribution in [0.1, 0.15) is 24.1 Å². The van der Waals surface area contributed by atoms with E-state index in [1.54, 1.807) is 7.11 Å². The van der Waals surface area contributed by atoms with Gasteiger partial charge in [-0.1, -0.05) is 47.6 Å². The molecule has 0 N–H and O–H groups in total. The number of benzene rings is 2. The van der Waals surface area contributed by atoms with Crippen LogP contribution < -0.4 is 4.74 Å². The largest absolute Gasteiger partial charge is 0.497 e. The molecule has 2 aromatic carbocycles. The van der Waals surface area contributed by atoms with Crippen LogP contribution in [0.15, 0.2) is 65.2 Å². The molecule has 2 fully saturated rings. The summed E-state index contributed by atoms with van der Waals surface area (Å²) in [7, 11) is 1.64. The van der Waals surface area contributed by atoms with Crippen LogP contribution in [0, 0.1) is 0 Å². The first-order valence-electron chi connectivity index (χ1n) is 10.9. The standard InChI is InChI=1S/C25H27N3O3/c1-30-21-9-5-8-20(16-21)22-17-23(26-31-22)25(10-11-25)24(29)28-14-12-27(13-15-28)18-19-6-3-2-4-7-19/h2-9,16-17H,10-15,18H2,1H3. The molecule has 0 atom stereocenters. The van der Waals surface area contributed by atoms with Gasteiger partial charge < -0.3 is 14.2 Å². The van der Waals surface area contributed by atoms with Crippen LogP contribution in [0.2, 0.25) is 0 Å². The molecule has 0 bridgehead atoms. The Labute approximate surface area is 182 Å². The second-order valence-corrected chi connectivity index (χ2v) is 8.44. The van der Waals surface area contributed by atoms with Crippen LogP contribution in [-0.2, 0) is 16.8 Å². The van der Waals surface area contributed by atoms with Gasteiger partial charge in [0, 0.05) is 44.4 Å². The summed E-state index contributed by atoms with van der Waals surface area (Å²) in [6.45, 7) is 4.23. The van der Waals surface area contributed by atoms with E-state index in [4.69, 9.17) is 9.26 Å². The van der Waals surface area contributed by atoms with E-state index < -0.39 is 5.41 Å². The van der Waals surface area contributed by atoms with E-state index in [0.717, 1.165) is 62.6 Å². The topological polar surface area (TPSA) is 58.8 Å². The van der Waals surface area contributed by atoms with E-state index in [0.29, 0.717) is 5.76 Å². The van der Waals surface area contributed by atoms with Gasteiger partial charge in [-0.2, -0.15) is 0 Å². The molecule has 1 saturated heterocycles. The zero-order chi connectivity index (χ0) is 21.3. The molecular weight excluding hydrogens is 390 g/mol. The highest BCUT2D eigenvalue weighted by Crippen LogP contribution is 2.50. The maximum Gasteiger partial charge on any atom is 0.235 e. The molecule has 160 valence electrons. The van der Waals surface area contributed by atoms with Gasteiger partial charge in [0.05, 0.1) is 18.2 Å². The molecule has 1 saturated carbocycles. The van der Waals surface area contributed by atoms with Crippen LogP contribution in [0.3, 0.4) is 0 Å². The highest BCUT2D eigenvalue weighted by Gasteiger charge is 2.55. The van der Waals surface area contributed by atoms with Gasteiger partial charge in [-0.15, -0.1) is 0 Å². The zero-order valence-electron chi connectivity index (χ0n) is 17.8. The first kappa shape index (κ1) is 19.8. The van der Waals surface area contributed by atoms with Crippen LogP contribution in [0.4, 0.5) is 0 Å². The van der Waals surface area contributed by atoms with Crippen molar-refractivity contribution in [2.24, 2.45) is 0 Å². The summed E-state index contributed by atoms with van der Waals surface area (Å²) in [6.07, 6.45) is 1.67. The molecule has 0 unspecified atom stereocenters. The molecule has 1 aromatic heterocycles. The Kier molecular flexibility index (Phi) is 5.24. The van der Waals surface area contributed by atoms with Crippen molar-refractivity contribution in [1.82, 2.24) is 15.0 Å². The molecule has 3 aromatic rings. The van der Waals surface area contributed by atoms with Crippen molar-refractivity contribution < 1.29 is 14.1 Å². The first-order valence-corrected chi connectivity index (χ1v) is 10.9. The van der Waals surface area contributed by atoms with Crippen molar-refractivity contribution in [1.29, 1.82) is 0 Å². The Balaban J connectivity index is 1.25. The quantitative estimate of drug-likeness (QED) is 0.612. The molecule has 1 aliphatic carbocycles. The number of piperazine rings is 1. The summed E-state index contributed by atoms with van der Waals surface area (Å²) >= 11 is 0. The predicted octanol–water partition coefficient (Wildman–Crippen LogP) is 3.73. The summed E-state index contributed by atoms with van der Waals surface area (Å²) < 4.78 is 10.9. The van der Waals surface area contributed by atoms with Crippen molar-refractivity contribution in [3.05, 3.63) is 71.9 Å². The van der Waals surface area contributed by atoms with E-state index in [2.05, 4.69) is 34.3 Å². The molecule has 2 aliphatic rings. The molecule has 31 heavy (non-hydrogen) atoms. The lowest BCUT2D eigenvalue weighted by Gasteiger charge is -2.36. The highest BCUT2D eigenvalue weighted by atomic mass is 16.5. The minimum Gasteiger partial charge on any atom is -0.497 e. The molecule has 0 spiro atoms. The van der Waals surface area contributed by atoms with E-state index in [1.165, 1.54) is 5.56 Å². The monoisotopic (exact) mass is 417 g/mol. The molecule has 6 heteroatoms. The summed E-state index contributed by atoms with van der Waals surface area (Å²) in [5.41, 5.74) is 2.45. The van der Waals surface area contributed by atoms with Gasteiger partial charge in [0.2, 0.25) is 5.91 Å². The average molecular weight is 418 g/mol. The van der Waals surface area contributed by atoms with Crippen molar-refractivity contribution in [3.63, 3.8) is 0 Å². The summed E-state index contributed by atoms with van der Waals surface area (Å²) in [5.74, 6) is 1.62. The first-order chi connectivity index (χ1) is 15.2. The number of amides is 1. The predicted molar refractivity (Wildman–Crippen MR) is 118 cm³/mol. The second kappa shape index (κ2) is 8.19. The van der Waals surface area contributed by atoms with Gasteiger partial charge in [-0.3, -0.25) is 9.69 Å². The number of ether oxygens (including phenoxy) is 1. The molecule has 6 nitrogen and oxygen atoms in total. The normalized spacial score (nSPS) is 18.0. The fraction of sp³-hybridized carbons (Fsp3) is 0.360. The SMILES string of the molecule is COc1cccc(-c2cc(C3(C(=O)N4CCN(Cc5ccccc5)CC4)CC3)no2)c1. The lowest BCUT2D eigenvalue weighted by Crippen LogP contribution is -2.51. The number of hydrogen-bond donors (Lipinski definition) is 0. The Hall–Kier alpha value is -3.12. The third-order valence-electron chi connectivity index (χ3n) is 6.42. The van der Waals surface area contributed by atoms with Gasteiger partial charge >= 0.3 is 0 Å². The van der Waals surface area contributed by atoms with Crippen LogP contribution >= 0.6 is 0 Å². The zero-order valence-corrected chi connectivity index (χ0v) is 17.8. The number of methoxy groups -OCH3 is 1. The number of rotatable bonds is 6. The summed E-state index contributed by atoms with van der Waals surface area (Å²) in [4.78, 5) is 17.8. The van der Waals surface area contributed by atoms with Crippen molar-refractivity contribution in [3.8, 4) is 17.1 Å². The number of hydrogen-bond acceptors (Lipinski definition) is 5. The lowest BCUT2D eigenvalue weighted by atomic mass is 9.99. The summed E-state index contributed by atoms with van der Waals surface area (Å²) in [5, 5.41) is 4.30. The Bertz CT molecular complexity index is 1050. The molecule has 0 radical (unpaired) electrons. The third-order valence-corrected chi connectivity index (χ3v) is 6.42. The molecule has 1 amide bonds. The summed E-state index contributed by atoms with van der Waals surface area (Å²) in [6, 6.07) is 20.1. The smallest absolute Gasteiger partial charge is 0.235 e. The van der Waals surface area contributed by atoms with Crippen LogP contribution in [-0.4, -0.2) is 54.2 Å². The second-order valence-electron chi connectivity index (χ2n) is 8.44. The molecular formula is C25H27N3O3. The van der Waals surface area contributed by atoms with Gasteiger partial charge in [0.1, 0.15) is 5.75 Å². The van der Waals surface area contributed by atoms with Gasteiger partial charge in [-0.25, -0.2) is 0 Å². The van der Waals surface area contributed by atoms with Crippen molar-refractivity contribution in [2.75, 3.05) is 33.3 Å². The number of carbonyl (C=O) groups excluding carboxylic acids is 1. The fourth-order valence-corrected chi connectivity index (χ4v) is 4.37. The lowest BCUT2D eigenvalue weighted by molar-refractivity contribution is -0.136. The minimum absolute atomic E-state index is 0.192. The Morgan fingerprint density at radius 3 is 2.52 bits per heavy atom. The van der Waals surface area contributed by atoms with E-state index in [1.807, 2.05) is 41.3 Å².